The Hall–Kier alpha value is -0.0400. The molecule has 0 aromatic rings. The molecule has 0 aromatic carbocycles. The van der Waals surface area contributed by atoms with E-state index in [1.54, 1.807) is 0 Å². The van der Waals surface area contributed by atoms with Gasteiger partial charge in [-0.25, -0.2) is 0 Å². The smallest absolute Gasteiger partial charge is 0.0577 e. The Morgan fingerprint density at radius 3 is 2.48 bits per heavy atom. The molecule has 4 fully saturated rings. The largest absolute Gasteiger partial charge is 0.393 e. The van der Waals surface area contributed by atoms with Gasteiger partial charge in [0.15, 0.2) is 0 Å². The van der Waals surface area contributed by atoms with Crippen molar-refractivity contribution in [2.45, 2.75) is 104 Å². The van der Waals surface area contributed by atoms with Crippen LogP contribution in [0.1, 0.15) is 98.3 Å². The molecule has 4 aliphatic carbocycles. The molecule has 4 aliphatic rings. The number of fused-ring (bicyclic) bond motifs is 5. The zero-order chi connectivity index (χ0) is 17.8. The van der Waals surface area contributed by atoms with E-state index in [4.69, 9.17) is 0 Å². The molecule has 1 N–H and O–H groups in total. The molecule has 1 nitrogen and oxygen atoms in total. The third-order valence-electron chi connectivity index (χ3n) is 10.1. The highest BCUT2D eigenvalue weighted by molar-refractivity contribution is 5.11. The first-order valence-corrected chi connectivity index (χ1v) is 11.6. The van der Waals surface area contributed by atoms with Gasteiger partial charge in [-0.1, -0.05) is 53.4 Å². The standard InChI is InChI=1S/C24H42O/c1-5-8-16(2)18-10-11-19-22-20(12-14-24(18,19)4)23(3)13-7-6-9-17(23)15-21(22)25/h16-22,25H,5-15H2,1-4H3. The summed E-state index contributed by atoms with van der Waals surface area (Å²) in [4.78, 5) is 0. The monoisotopic (exact) mass is 346 g/mol. The summed E-state index contributed by atoms with van der Waals surface area (Å²) in [5, 5.41) is 11.2. The number of rotatable bonds is 3. The summed E-state index contributed by atoms with van der Waals surface area (Å²) in [7, 11) is 0. The zero-order valence-electron chi connectivity index (χ0n) is 17.3. The molecule has 0 amide bonds. The summed E-state index contributed by atoms with van der Waals surface area (Å²) >= 11 is 0. The molecule has 0 aliphatic heterocycles. The highest BCUT2D eigenvalue weighted by atomic mass is 16.3. The molecule has 144 valence electrons. The molecule has 1 heteroatoms. The van der Waals surface area contributed by atoms with Crippen LogP contribution in [0.2, 0.25) is 0 Å². The molecule has 0 heterocycles. The van der Waals surface area contributed by atoms with Gasteiger partial charge < -0.3 is 5.11 Å². The molecule has 0 aromatic heterocycles. The van der Waals surface area contributed by atoms with Crippen LogP contribution in [0.5, 0.6) is 0 Å². The van der Waals surface area contributed by atoms with Gasteiger partial charge in [-0.3, -0.25) is 0 Å². The lowest BCUT2D eigenvalue weighted by atomic mass is 9.44. The van der Waals surface area contributed by atoms with Crippen molar-refractivity contribution in [1.29, 1.82) is 0 Å². The lowest BCUT2D eigenvalue weighted by molar-refractivity contribution is -0.164. The Morgan fingerprint density at radius 2 is 1.72 bits per heavy atom. The fourth-order valence-electron chi connectivity index (χ4n) is 8.89. The van der Waals surface area contributed by atoms with E-state index in [-0.39, 0.29) is 6.10 Å². The van der Waals surface area contributed by atoms with Crippen molar-refractivity contribution in [3.63, 3.8) is 0 Å². The van der Waals surface area contributed by atoms with Crippen LogP contribution in [0.15, 0.2) is 0 Å². The average Bonchev–Trinajstić information content (AvgIpc) is 2.93. The van der Waals surface area contributed by atoms with E-state index in [9.17, 15) is 5.11 Å². The van der Waals surface area contributed by atoms with Gasteiger partial charge in [0.2, 0.25) is 0 Å². The topological polar surface area (TPSA) is 20.2 Å². The maximum Gasteiger partial charge on any atom is 0.0577 e. The molecule has 4 saturated carbocycles. The van der Waals surface area contributed by atoms with Crippen molar-refractivity contribution in [3.05, 3.63) is 0 Å². The summed E-state index contributed by atoms with van der Waals surface area (Å²) in [6.45, 7) is 10.1. The molecule has 9 atom stereocenters. The van der Waals surface area contributed by atoms with Crippen LogP contribution in [0.25, 0.3) is 0 Å². The van der Waals surface area contributed by atoms with Crippen LogP contribution in [0.3, 0.4) is 0 Å². The minimum absolute atomic E-state index is 0.00830. The average molecular weight is 347 g/mol. The third kappa shape index (κ3) is 2.66. The van der Waals surface area contributed by atoms with E-state index >= 15 is 0 Å². The van der Waals surface area contributed by atoms with Gasteiger partial charge in [-0.2, -0.15) is 0 Å². The van der Waals surface area contributed by atoms with Gasteiger partial charge >= 0.3 is 0 Å². The zero-order valence-corrected chi connectivity index (χ0v) is 17.3. The van der Waals surface area contributed by atoms with E-state index in [2.05, 4.69) is 27.7 Å². The number of hydrogen-bond donors (Lipinski definition) is 1. The third-order valence-corrected chi connectivity index (χ3v) is 10.1. The first-order chi connectivity index (χ1) is 11.9. The number of aliphatic hydroxyl groups is 1. The summed E-state index contributed by atoms with van der Waals surface area (Å²) in [5.41, 5.74) is 1.05. The van der Waals surface area contributed by atoms with Gasteiger partial charge in [0.25, 0.3) is 0 Å². The molecule has 9 unspecified atom stereocenters. The van der Waals surface area contributed by atoms with E-state index < -0.39 is 0 Å². The summed E-state index contributed by atoms with van der Waals surface area (Å²) in [6, 6.07) is 0. The Bertz CT molecular complexity index is 486. The first-order valence-electron chi connectivity index (χ1n) is 11.6. The lowest BCUT2D eigenvalue weighted by Crippen LogP contribution is -2.57. The van der Waals surface area contributed by atoms with Crippen LogP contribution in [0, 0.1) is 46.3 Å². The van der Waals surface area contributed by atoms with Crippen molar-refractivity contribution in [1.82, 2.24) is 0 Å². The maximum absolute atomic E-state index is 11.2. The van der Waals surface area contributed by atoms with Crippen molar-refractivity contribution in [2.24, 2.45) is 46.3 Å². The van der Waals surface area contributed by atoms with Gasteiger partial charge in [0.1, 0.15) is 0 Å². The Labute approximate surface area is 156 Å². The molecular weight excluding hydrogens is 304 g/mol. The maximum atomic E-state index is 11.2. The summed E-state index contributed by atoms with van der Waals surface area (Å²) in [6.07, 6.45) is 15.1. The second kappa shape index (κ2) is 6.54. The van der Waals surface area contributed by atoms with Gasteiger partial charge in [-0.05, 0) is 91.3 Å². The van der Waals surface area contributed by atoms with Gasteiger partial charge in [0, 0.05) is 0 Å². The molecular formula is C24H42O. The van der Waals surface area contributed by atoms with Crippen molar-refractivity contribution >= 4 is 0 Å². The van der Waals surface area contributed by atoms with E-state index in [0.29, 0.717) is 16.7 Å². The second-order valence-corrected chi connectivity index (χ2v) is 11.0. The fraction of sp³-hybridized carbons (Fsp3) is 1.00. The molecule has 25 heavy (non-hydrogen) atoms. The number of hydrogen-bond acceptors (Lipinski definition) is 1. The highest BCUT2D eigenvalue weighted by Crippen LogP contribution is 2.68. The van der Waals surface area contributed by atoms with Crippen molar-refractivity contribution in [3.8, 4) is 0 Å². The minimum Gasteiger partial charge on any atom is -0.393 e. The predicted molar refractivity (Wildman–Crippen MR) is 105 cm³/mol. The van der Waals surface area contributed by atoms with E-state index in [1.807, 2.05) is 0 Å². The van der Waals surface area contributed by atoms with Gasteiger partial charge in [-0.15, -0.1) is 0 Å². The van der Waals surface area contributed by atoms with E-state index in [1.165, 1.54) is 64.2 Å². The molecule has 0 bridgehead atoms. The lowest BCUT2D eigenvalue weighted by Gasteiger charge is -2.62. The Kier molecular flexibility index (Phi) is 4.79. The molecule has 0 radical (unpaired) electrons. The quantitative estimate of drug-likeness (QED) is 0.623. The van der Waals surface area contributed by atoms with Crippen molar-refractivity contribution in [2.75, 3.05) is 0 Å². The van der Waals surface area contributed by atoms with Crippen LogP contribution in [-0.2, 0) is 0 Å². The molecule has 4 rings (SSSR count). The molecule has 0 saturated heterocycles. The SMILES string of the molecule is CCCC(C)C1CCC2C3C(O)CC4CCCCC4(C)C3CCC12C. The van der Waals surface area contributed by atoms with Crippen molar-refractivity contribution < 1.29 is 5.11 Å². The minimum atomic E-state index is -0.00830. The fourth-order valence-corrected chi connectivity index (χ4v) is 8.89. The normalized spacial score (nSPS) is 53.6. The Morgan fingerprint density at radius 1 is 0.960 bits per heavy atom. The van der Waals surface area contributed by atoms with Crippen LogP contribution in [-0.4, -0.2) is 11.2 Å². The van der Waals surface area contributed by atoms with E-state index in [0.717, 1.165) is 36.0 Å². The van der Waals surface area contributed by atoms with Crippen LogP contribution < -0.4 is 0 Å². The Balaban J connectivity index is 1.61. The summed E-state index contributed by atoms with van der Waals surface area (Å²) in [5.74, 6) is 4.79. The highest BCUT2D eigenvalue weighted by Gasteiger charge is 2.62. The first kappa shape index (κ1) is 18.3. The second-order valence-electron chi connectivity index (χ2n) is 11.0. The van der Waals surface area contributed by atoms with Gasteiger partial charge in [0.05, 0.1) is 6.10 Å². The molecule has 0 spiro atoms. The predicted octanol–water partition coefficient (Wildman–Crippen LogP) is 6.44. The van der Waals surface area contributed by atoms with Crippen LogP contribution >= 0.6 is 0 Å². The number of aliphatic hydroxyl groups excluding tert-OH is 1. The van der Waals surface area contributed by atoms with Crippen LogP contribution in [0.4, 0.5) is 0 Å². The summed E-state index contributed by atoms with van der Waals surface area (Å²) < 4.78 is 0.